The van der Waals surface area contributed by atoms with Crippen LogP contribution in [0.2, 0.25) is 5.02 Å². The van der Waals surface area contributed by atoms with Crippen LogP contribution >= 0.6 is 34.2 Å². The largest absolute Gasteiger partial charge is 0.493 e. The molecular weight excluding hydrogens is 389 g/mol. The monoisotopic (exact) mass is 403 g/mol. The molecule has 1 N–H and O–H groups in total. The summed E-state index contributed by atoms with van der Waals surface area (Å²) in [4.78, 5) is 0. The van der Waals surface area contributed by atoms with E-state index in [4.69, 9.17) is 21.1 Å². The van der Waals surface area contributed by atoms with E-state index in [0.717, 1.165) is 11.3 Å². The minimum Gasteiger partial charge on any atom is -0.493 e. The molecule has 0 aliphatic rings. The number of hydrogen-bond acceptors (Lipinski definition) is 3. The highest BCUT2D eigenvalue weighted by molar-refractivity contribution is 14.1. The van der Waals surface area contributed by atoms with Gasteiger partial charge in [-0.3, -0.25) is 0 Å². The molecule has 0 aliphatic heterocycles. The predicted molar refractivity (Wildman–Crippen MR) is 91.0 cm³/mol. The average molecular weight is 404 g/mol. The van der Waals surface area contributed by atoms with E-state index >= 15 is 0 Å². The number of anilines is 1. The standard InChI is InChI=1S/C15H15ClINO2/c1-19-13-7-6-10(14(16)15(13)20-2)9-18-12-5-3-4-11(17)8-12/h3-8,18H,9H2,1-2H3. The fourth-order valence-electron chi connectivity index (χ4n) is 1.86. The van der Waals surface area contributed by atoms with E-state index in [1.54, 1.807) is 14.2 Å². The van der Waals surface area contributed by atoms with Gasteiger partial charge in [-0.05, 0) is 52.4 Å². The minimum atomic E-state index is 0.566. The lowest BCUT2D eigenvalue weighted by atomic mass is 10.2. The van der Waals surface area contributed by atoms with Crippen molar-refractivity contribution in [3.8, 4) is 11.5 Å². The summed E-state index contributed by atoms with van der Waals surface area (Å²) in [6, 6.07) is 12.0. The van der Waals surface area contributed by atoms with Crippen molar-refractivity contribution in [2.75, 3.05) is 19.5 Å². The van der Waals surface area contributed by atoms with Crippen molar-refractivity contribution in [1.29, 1.82) is 0 Å². The second kappa shape index (κ2) is 7.04. The Morgan fingerprint density at radius 3 is 2.60 bits per heavy atom. The highest BCUT2D eigenvalue weighted by atomic mass is 127. The molecule has 0 amide bonds. The summed E-state index contributed by atoms with van der Waals surface area (Å²) in [7, 11) is 3.18. The molecule has 0 heterocycles. The lowest BCUT2D eigenvalue weighted by molar-refractivity contribution is 0.355. The Balaban J connectivity index is 2.18. The van der Waals surface area contributed by atoms with Crippen LogP contribution in [0.25, 0.3) is 0 Å². The first-order valence-corrected chi connectivity index (χ1v) is 7.50. The molecule has 2 aromatic rings. The molecule has 0 fully saturated rings. The van der Waals surface area contributed by atoms with Crippen molar-refractivity contribution in [3.63, 3.8) is 0 Å². The summed E-state index contributed by atoms with van der Waals surface area (Å²) >= 11 is 8.63. The van der Waals surface area contributed by atoms with Gasteiger partial charge in [-0.25, -0.2) is 0 Å². The van der Waals surface area contributed by atoms with Crippen LogP contribution in [-0.2, 0) is 6.54 Å². The van der Waals surface area contributed by atoms with Gasteiger partial charge in [-0.15, -0.1) is 0 Å². The molecular formula is C15H15ClINO2. The van der Waals surface area contributed by atoms with Gasteiger partial charge in [0.15, 0.2) is 11.5 Å². The molecule has 0 atom stereocenters. The Morgan fingerprint density at radius 2 is 1.95 bits per heavy atom. The molecule has 0 saturated heterocycles. The molecule has 2 aromatic carbocycles. The van der Waals surface area contributed by atoms with Crippen molar-refractivity contribution >= 4 is 39.9 Å². The van der Waals surface area contributed by atoms with Crippen LogP contribution in [0.1, 0.15) is 5.56 Å². The number of halogens is 2. The normalized spacial score (nSPS) is 10.2. The molecule has 0 aromatic heterocycles. The van der Waals surface area contributed by atoms with Gasteiger partial charge in [0.05, 0.1) is 19.2 Å². The van der Waals surface area contributed by atoms with Crippen LogP contribution in [0.5, 0.6) is 11.5 Å². The first-order valence-electron chi connectivity index (χ1n) is 6.04. The molecule has 106 valence electrons. The molecule has 5 heteroatoms. The molecule has 0 bridgehead atoms. The van der Waals surface area contributed by atoms with E-state index in [1.807, 2.05) is 24.3 Å². The third kappa shape index (κ3) is 3.49. The Morgan fingerprint density at radius 1 is 1.15 bits per heavy atom. The average Bonchev–Trinajstić information content (AvgIpc) is 2.45. The van der Waals surface area contributed by atoms with Crippen LogP contribution in [0.4, 0.5) is 5.69 Å². The number of ether oxygens (including phenoxy) is 2. The summed E-state index contributed by atoms with van der Waals surface area (Å²) in [5.74, 6) is 1.20. The third-order valence-electron chi connectivity index (χ3n) is 2.87. The van der Waals surface area contributed by atoms with E-state index in [2.05, 4.69) is 40.0 Å². The Hall–Kier alpha value is -1.14. The molecule has 0 aliphatic carbocycles. The highest BCUT2D eigenvalue weighted by Crippen LogP contribution is 2.37. The van der Waals surface area contributed by atoms with Gasteiger partial charge in [-0.1, -0.05) is 23.7 Å². The van der Waals surface area contributed by atoms with E-state index in [0.29, 0.717) is 23.1 Å². The molecule has 20 heavy (non-hydrogen) atoms. The van der Waals surface area contributed by atoms with Crippen molar-refractivity contribution in [3.05, 3.63) is 50.6 Å². The van der Waals surface area contributed by atoms with Gasteiger partial charge in [0, 0.05) is 15.8 Å². The number of rotatable bonds is 5. The van der Waals surface area contributed by atoms with Crippen LogP contribution < -0.4 is 14.8 Å². The van der Waals surface area contributed by atoms with Crippen LogP contribution in [-0.4, -0.2) is 14.2 Å². The van der Waals surface area contributed by atoms with E-state index in [1.165, 1.54) is 3.57 Å². The fraction of sp³-hybridized carbons (Fsp3) is 0.200. The zero-order chi connectivity index (χ0) is 14.5. The topological polar surface area (TPSA) is 30.5 Å². The number of methoxy groups -OCH3 is 2. The zero-order valence-electron chi connectivity index (χ0n) is 11.2. The van der Waals surface area contributed by atoms with E-state index in [-0.39, 0.29) is 0 Å². The minimum absolute atomic E-state index is 0.566. The van der Waals surface area contributed by atoms with Crippen LogP contribution in [0.3, 0.4) is 0 Å². The second-order valence-electron chi connectivity index (χ2n) is 4.14. The Kier molecular flexibility index (Phi) is 5.37. The van der Waals surface area contributed by atoms with Crippen molar-refractivity contribution in [2.24, 2.45) is 0 Å². The summed E-state index contributed by atoms with van der Waals surface area (Å²) in [6.07, 6.45) is 0. The zero-order valence-corrected chi connectivity index (χ0v) is 14.2. The first kappa shape index (κ1) is 15.3. The third-order valence-corrected chi connectivity index (χ3v) is 3.96. The summed E-state index contributed by atoms with van der Waals surface area (Å²) in [5, 5.41) is 3.92. The number of benzene rings is 2. The summed E-state index contributed by atoms with van der Waals surface area (Å²) in [6.45, 7) is 0.624. The van der Waals surface area contributed by atoms with Gasteiger partial charge in [0.1, 0.15) is 0 Å². The molecule has 0 saturated carbocycles. The molecule has 2 rings (SSSR count). The lowest BCUT2D eigenvalue weighted by Crippen LogP contribution is -2.02. The molecule has 0 radical (unpaired) electrons. The molecule has 0 spiro atoms. The fourth-order valence-corrected chi connectivity index (χ4v) is 2.71. The van der Waals surface area contributed by atoms with Gasteiger partial charge in [-0.2, -0.15) is 0 Å². The Bertz CT molecular complexity index is 604. The highest BCUT2D eigenvalue weighted by Gasteiger charge is 2.12. The van der Waals surface area contributed by atoms with Gasteiger partial charge >= 0.3 is 0 Å². The van der Waals surface area contributed by atoms with Crippen molar-refractivity contribution < 1.29 is 9.47 Å². The van der Waals surface area contributed by atoms with E-state index in [9.17, 15) is 0 Å². The van der Waals surface area contributed by atoms with Crippen molar-refractivity contribution in [2.45, 2.75) is 6.54 Å². The first-order chi connectivity index (χ1) is 9.65. The quantitative estimate of drug-likeness (QED) is 0.742. The predicted octanol–water partition coefficient (Wildman–Crippen LogP) is 4.57. The number of nitrogens with one attached hydrogen (secondary N) is 1. The van der Waals surface area contributed by atoms with Crippen LogP contribution in [0.15, 0.2) is 36.4 Å². The molecule has 0 unspecified atom stereocenters. The maximum Gasteiger partial charge on any atom is 0.179 e. The van der Waals surface area contributed by atoms with Gasteiger partial charge in [0.25, 0.3) is 0 Å². The smallest absolute Gasteiger partial charge is 0.179 e. The lowest BCUT2D eigenvalue weighted by Gasteiger charge is -2.14. The molecule has 3 nitrogen and oxygen atoms in total. The van der Waals surface area contributed by atoms with Gasteiger partial charge in [0.2, 0.25) is 0 Å². The summed E-state index contributed by atoms with van der Waals surface area (Å²) < 4.78 is 11.7. The summed E-state index contributed by atoms with van der Waals surface area (Å²) in [5.41, 5.74) is 2.02. The van der Waals surface area contributed by atoms with Crippen LogP contribution in [0, 0.1) is 3.57 Å². The second-order valence-corrected chi connectivity index (χ2v) is 5.76. The van der Waals surface area contributed by atoms with Gasteiger partial charge < -0.3 is 14.8 Å². The number of hydrogen-bond donors (Lipinski definition) is 1. The SMILES string of the molecule is COc1ccc(CNc2cccc(I)c2)c(Cl)c1OC. The maximum absolute atomic E-state index is 6.34. The van der Waals surface area contributed by atoms with E-state index < -0.39 is 0 Å². The Labute approximate surface area is 137 Å². The maximum atomic E-state index is 6.34. The van der Waals surface area contributed by atoms with Crippen molar-refractivity contribution in [1.82, 2.24) is 0 Å².